The predicted molar refractivity (Wildman–Crippen MR) is 38.6 cm³/mol. The molecule has 0 spiro atoms. The molecule has 3 heteroatoms. The Labute approximate surface area is 65.2 Å². The highest BCUT2D eigenvalue weighted by Crippen LogP contribution is 2.42. The van der Waals surface area contributed by atoms with Gasteiger partial charge in [-0.05, 0) is 37.8 Å². The largest absolute Gasteiger partial charge is 0.316 e. The zero-order valence-corrected chi connectivity index (χ0v) is 6.39. The van der Waals surface area contributed by atoms with Crippen LogP contribution in [-0.4, -0.2) is 19.5 Å². The molecule has 11 heavy (non-hydrogen) atoms. The molecule has 1 nitrogen and oxygen atoms in total. The van der Waals surface area contributed by atoms with E-state index < -0.39 is 6.43 Å². The van der Waals surface area contributed by atoms with Gasteiger partial charge in [0.25, 0.3) is 0 Å². The van der Waals surface area contributed by atoms with E-state index in [9.17, 15) is 8.78 Å². The van der Waals surface area contributed by atoms with Crippen molar-refractivity contribution in [2.24, 2.45) is 17.8 Å². The third-order valence-corrected chi connectivity index (χ3v) is 3.10. The van der Waals surface area contributed by atoms with Gasteiger partial charge in [0, 0.05) is 5.92 Å². The van der Waals surface area contributed by atoms with Gasteiger partial charge >= 0.3 is 0 Å². The highest BCUT2D eigenvalue weighted by Gasteiger charge is 2.43. The van der Waals surface area contributed by atoms with Crippen molar-refractivity contribution in [1.29, 1.82) is 0 Å². The smallest absolute Gasteiger partial charge is 0.242 e. The van der Waals surface area contributed by atoms with E-state index >= 15 is 0 Å². The Morgan fingerprint density at radius 3 is 2.00 bits per heavy atom. The highest BCUT2D eigenvalue weighted by molar-refractivity contribution is 4.92. The topological polar surface area (TPSA) is 12.0 Å². The molecule has 2 aliphatic rings. The molecule has 0 aromatic carbocycles. The summed E-state index contributed by atoms with van der Waals surface area (Å²) in [6.07, 6.45) is -0.0751. The maximum absolute atomic E-state index is 12.4. The molecule has 1 saturated heterocycles. The van der Waals surface area contributed by atoms with Crippen LogP contribution in [0.4, 0.5) is 8.78 Å². The fourth-order valence-corrected chi connectivity index (χ4v) is 2.54. The van der Waals surface area contributed by atoms with Crippen molar-refractivity contribution >= 4 is 0 Å². The summed E-state index contributed by atoms with van der Waals surface area (Å²) in [5.74, 6) is 0.221. The first-order chi connectivity index (χ1) is 5.29. The van der Waals surface area contributed by atoms with Crippen LogP contribution in [0.15, 0.2) is 0 Å². The van der Waals surface area contributed by atoms with Gasteiger partial charge in [-0.15, -0.1) is 0 Å². The monoisotopic (exact) mass is 161 g/mol. The molecular weight excluding hydrogens is 148 g/mol. The molecule has 0 aromatic heterocycles. The molecule has 64 valence electrons. The number of piperidine rings is 1. The number of fused-ring (bicyclic) bond motifs is 2. The van der Waals surface area contributed by atoms with Crippen LogP contribution in [0.5, 0.6) is 0 Å². The third-order valence-electron chi connectivity index (χ3n) is 3.10. The summed E-state index contributed by atoms with van der Waals surface area (Å²) in [4.78, 5) is 0. The van der Waals surface area contributed by atoms with Gasteiger partial charge in [-0.25, -0.2) is 8.78 Å². The van der Waals surface area contributed by atoms with Gasteiger partial charge in [0.2, 0.25) is 6.43 Å². The molecule has 2 rings (SSSR count). The van der Waals surface area contributed by atoms with Gasteiger partial charge in [0.05, 0.1) is 0 Å². The maximum Gasteiger partial charge on any atom is 0.242 e. The lowest BCUT2D eigenvalue weighted by atomic mass is 9.87. The normalized spacial score (nSPS) is 43.4. The average Bonchev–Trinajstić information content (AvgIpc) is 2.23. The van der Waals surface area contributed by atoms with Crippen LogP contribution >= 0.6 is 0 Å². The van der Waals surface area contributed by atoms with Crippen molar-refractivity contribution in [3.63, 3.8) is 0 Å². The number of rotatable bonds is 1. The zero-order chi connectivity index (χ0) is 7.84. The van der Waals surface area contributed by atoms with Crippen LogP contribution in [0.25, 0.3) is 0 Å². The Bertz CT molecular complexity index is 133. The Hall–Kier alpha value is -0.180. The second kappa shape index (κ2) is 2.70. The second-order valence-electron chi connectivity index (χ2n) is 3.67. The number of hydrogen-bond acceptors (Lipinski definition) is 1. The standard InChI is InChI=1S/C8H13F2N/c9-8(10)7-5-1-2-6(7)4-11-3-5/h5-8,11H,1-4H2. The zero-order valence-electron chi connectivity index (χ0n) is 6.39. The van der Waals surface area contributed by atoms with E-state index in [-0.39, 0.29) is 17.8 Å². The molecule has 1 aliphatic heterocycles. The maximum atomic E-state index is 12.4. The number of alkyl halides is 2. The fourth-order valence-electron chi connectivity index (χ4n) is 2.54. The molecule has 2 unspecified atom stereocenters. The minimum absolute atomic E-state index is 0.258. The molecule has 1 saturated carbocycles. The van der Waals surface area contributed by atoms with Crippen LogP contribution in [0.1, 0.15) is 12.8 Å². The molecule has 0 amide bonds. The molecular formula is C8H13F2N. The number of hydrogen-bond donors (Lipinski definition) is 1. The Morgan fingerprint density at radius 1 is 1.09 bits per heavy atom. The van der Waals surface area contributed by atoms with Gasteiger partial charge in [0.1, 0.15) is 0 Å². The van der Waals surface area contributed by atoms with E-state index in [2.05, 4.69) is 5.32 Å². The van der Waals surface area contributed by atoms with Gasteiger partial charge < -0.3 is 5.32 Å². The van der Waals surface area contributed by atoms with E-state index in [1.807, 2.05) is 0 Å². The number of nitrogens with one attached hydrogen (secondary N) is 1. The lowest BCUT2D eigenvalue weighted by molar-refractivity contribution is 0.0204. The minimum Gasteiger partial charge on any atom is -0.316 e. The quantitative estimate of drug-likeness (QED) is 0.614. The van der Waals surface area contributed by atoms with Crippen molar-refractivity contribution in [2.75, 3.05) is 13.1 Å². The van der Waals surface area contributed by atoms with Gasteiger partial charge in [0.15, 0.2) is 0 Å². The van der Waals surface area contributed by atoms with Gasteiger partial charge in [-0.2, -0.15) is 0 Å². The van der Waals surface area contributed by atoms with Gasteiger partial charge in [-0.1, -0.05) is 0 Å². The van der Waals surface area contributed by atoms with Crippen LogP contribution in [0, 0.1) is 17.8 Å². The molecule has 1 heterocycles. The summed E-state index contributed by atoms with van der Waals surface area (Å²) in [7, 11) is 0. The minimum atomic E-state index is -2.09. The van der Waals surface area contributed by atoms with Crippen LogP contribution in [0.3, 0.4) is 0 Å². The molecule has 2 atom stereocenters. The molecule has 0 radical (unpaired) electrons. The number of halogens is 2. The molecule has 0 aromatic rings. The highest BCUT2D eigenvalue weighted by atomic mass is 19.3. The first-order valence-corrected chi connectivity index (χ1v) is 4.28. The van der Waals surface area contributed by atoms with E-state index in [4.69, 9.17) is 0 Å². The van der Waals surface area contributed by atoms with Crippen molar-refractivity contribution in [2.45, 2.75) is 19.3 Å². The van der Waals surface area contributed by atoms with Crippen LogP contribution in [-0.2, 0) is 0 Å². The molecule has 2 bridgehead atoms. The van der Waals surface area contributed by atoms with E-state index in [1.54, 1.807) is 0 Å². The van der Waals surface area contributed by atoms with Crippen molar-refractivity contribution < 1.29 is 8.78 Å². The SMILES string of the molecule is FC(F)C1C2CCC1CNC2. The molecule has 1 N–H and O–H groups in total. The summed E-state index contributed by atoms with van der Waals surface area (Å²) in [5.41, 5.74) is 0. The van der Waals surface area contributed by atoms with Crippen LogP contribution in [0.2, 0.25) is 0 Å². The average molecular weight is 161 g/mol. The first-order valence-electron chi connectivity index (χ1n) is 4.28. The summed E-state index contributed by atoms with van der Waals surface area (Å²) in [6.45, 7) is 1.62. The fraction of sp³-hybridized carbons (Fsp3) is 1.00. The first kappa shape index (κ1) is 7.47. The predicted octanol–water partition coefficient (Wildman–Crippen LogP) is 1.50. The molecule has 2 fully saturated rings. The Morgan fingerprint density at radius 2 is 1.64 bits per heavy atom. The summed E-state index contributed by atoms with van der Waals surface area (Å²) >= 11 is 0. The lowest BCUT2D eigenvalue weighted by Gasteiger charge is -2.29. The van der Waals surface area contributed by atoms with Crippen LogP contribution < -0.4 is 5.32 Å². The summed E-state index contributed by atoms with van der Waals surface area (Å²) in [5, 5.41) is 3.20. The van der Waals surface area contributed by atoms with E-state index in [0.29, 0.717) is 0 Å². The van der Waals surface area contributed by atoms with E-state index in [1.165, 1.54) is 0 Å². The van der Waals surface area contributed by atoms with Crippen molar-refractivity contribution in [1.82, 2.24) is 5.32 Å². The summed E-state index contributed by atoms with van der Waals surface area (Å²) in [6, 6.07) is 0. The van der Waals surface area contributed by atoms with Gasteiger partial charge in [-0.3, -0.25) is 0 Å². The lowest BCUT2D eigenvalue weighted by Crippen LogP contribution is -2.41. The van der Waals surface area contributed by atoms with Crippen molar-refractivity contribution in [3.05, 3.63) is 0 Å². The Balaban J connectivity index is 2.09. The second-order valence-corrected chi connectivity index (χ2v) is 3.67. The summed E-state index contributed by atoms with van der Waals surface area (Å²) < 4.78 is 24.9. The molecule has 1 aliphatic carbocycles. The Kier molecular flexibility index (Phi) is 1.83. The third kappa shape index (κ3) is 1.15. The van der Waals surface area contributed by atoms with E-state index in [0.717, 1.165) is 25.9 Å². The van der Waals surface area contributed by atoms with Crippen molar-refractivity contribution in [3.8, 4) is 0 Å².